The van der Waals surface area contributed by atoms with Crippen LogP contribution in [0.15, 0.2) is 47.0 Å². The van der Waals surface area contributed by atoms with Crippen LogP contribution in [-0.4, -0.2) is 59.1 Å². The second-order valence-corrected chi connectivity index (χ2v) is 10.4. The van der Waals surface area contributed by atoms with E-state index in [1.807, 2.05) is 0 Å². The first kappa shape index (κ1) is 28.8. The van der Waals surface area contributed by atoms with Crippen molar-refractivity contribution in [1.82, 2.24) is 20.7 Å². The summed E-state index contributed by atoms with van der Waals surface area (Å²) in [5.41, 5.74) is 2.13. The van der Waals surface area contributed by atoms with E-state index in [0.717, 1.165) is 5.56 Å². The molecule has 3 amide bonds. The van der Waals surface area contributed by atoms with E-state index in [1.54, 1.807) is 23.1 Å². The summed E-state index contributed by atoms with van der Waals surface area (Å²) < 4.78 is 20.1. The number of nitrogens with one attached hydrogen (secondary N) is 2. The van der Waals surface area contributed by atoms with Gasteiger partial charge in [0.1, 0.15) is 11.6 Å². The number of fused-ring (bicyclic) bond motifs is 5. The highest BCUT2D eigenvalue weighted by Gasteiger charge is 2.21. The number of phenols is 1. The minimum Gasteiger partial charge on any atom is -0.507 e. The summed E-state index contributed by atoms with van der Waals surface area (Å²) in [6.07, 6.45) is 2.29. The molecule has 0 atom stereocenters. The van der Waals surface area contributed by atoms with Crippen molar-refractivity contribution in [3.63, 3.8) is 0 Å². The number of carbonyl (C=O) groups is 3. The van der Waals surface area contributed by atoms with Crippen molar-refractivity contribution in [2.45, 2.75) is 46.0 Å². The number of nitrogens with zero attached hydrogens (tertiary/aromatic N) is 2. The van der Waals surface area contributed by atoms with Crippen LogP contribution >= 0.6 is 0 Å². The van der Waals surface area contributed by atoms with Crippen LogP contribution in [0.25, 0.3) is 11.1 Å². The molecule has 2 heterocycles. The quantitative estimate of drug-likeness (QED) is 0.451. The summed E-state index contributed by atoms with van der Waals surface area (Å²) in [4.78, 5) is 40.2. The molecule has 0 radical (unpaired) electrons. The van der Waals surface area contributed by atoms with E-state index in [9.17, 15) is 23.9 Å². The maximum absolute atomic E-state index is 14.8. The predicted octanol–water partition coefficient (Wildman–Crippen LogP) is 4.10. The Bertz CT molecular complexity index is 1370. The van der Waals surface area contributed by atoms with E-state index in [2.05, 4.69) is 29.6 Å². The Morgan fingerprint density at radius 1 is 1.02 bits per heavy atom. The highest BCUT2D eigenvalue weighted by molar-refractivity contribution is 5.95. The summed E-state index contributed by atoms with van der Waals surface area (Å²) in [5, 5.41) is 20.1. The van der Waals surface area contributed by atoms with Crippen LogP contribution in [0, 0.1) is 11.7 Å². The largest absolute Gasteiger partial charge is 0.507 e. The molecule has 10 heteroatoms. The Morgan fingerprint density at radius 3 is 2.62 bits per heavy atom. The SMILES string of the molecule is CC(C)Cc1cc(C(=O)N2CCCNC(=O)c3ccc(F)c(c3)-c3cc(ccc3O)CCNC(=O)CCC2)on1. The van der Waals surface area contributed by atoms with Crippen molar-refractivity contribution in [2.24, 2.45) is 5.92 Å². The summed E-state index contributed by atoms with van der Waals surface area (Å²) in [6.45, 7) is 5.40. The topological polar surface area (TPSA) is 125 Å². The zero-order valence-electron chi connectivity index (χ0n) is 22.8. The van der Waals surface area contributed by atoms with Gasteiger partial charge in [-0.05, 0) is 67.5 Å². The molecule has 9 nitrogen and oxygen atoms in total. The second-order valence-electron chi connectivity index (χ2n) is 10.4. The number of hydrogen-bond donors (Lipinski definition) is 3. The summed E-state index contributed by atoms with van der Waals surface area (Å²) in [7, 11) is 0. The first-order valence-corrected chi connectivity index (χ1v) is 13.6. The van der Waals surface area contributed by atoms with Gasteiger partial charge in [0.15, 0.2) is 0 Å². The zero-order valence-corrected chi connectivity index (χ0v) is 22.8. The highest BCUT2D eigenvalue weighted by Crippen LogP contribution is 2.33. The standard InChI is InChI=1S/C30H35FN4O5/c1-19(2)15-22-18-27(40-34-22)30(39)35-13-3-5-28(37)32-12-10-20-6-9-26(36)24(16-20)23-17-21(7-8-25(23)31)29(38)33-11-4-14-35/h6-9,16-19,36H,3-5,10-15H2,1-2H3,(H,32,37)(H,33,38). The van der Waals surface area contributed by atoms with Gasteiger partial charge in [0, 0.05) is 55.4 Å². The lowest BCUT2D eigenvalue weighted by Gasteiger charge is -2.21. The number of aromatic hydroxyl groups is 1. The monoisotopic (exact) mass is 550 g/mol. The van der Waals surface area contributed by atoms with Crippen molar-refractivity contribution in [3.05, 3.63) is 70.9 Å². The molecule has 3 N–H and O–H groups in total. The number of benzene rings is 2. The van der Waals surface area contributed by atoms with Crippen LogP contribution < -0.4 is 10.6 Å². The van der Waals surface area contributed by atoms with Gasteiger partial charge >= 0.3 is 0 Å². The fourth-order valence-electron chi connectivity index (χ4n) is 4.66. The van der Waals surface area contributed by atoms with Gasteiger partial charge in [-0.3, -0.25) is 14.4 Å². The number of hydrogen-bond acceptors (Lipinski definition) is 6. The third kappa shape index (κ3) is 7.46. The number of halogens is 1. The van der Waals surface area contributed by atoms with Crippen LogP contribution in [0.4, 0.5) is 4.39 Å². The number of rotatable bonds is 3. The minimum absolute atomic E-state index is 0.106. The Labute approximate surface area is 232 Å². The van der Waals surface area contributed by atoms with Gasteiger partial charge in [-0.15, -0.1) is 0 Å². The normalized spacial score (nSPS) is 15.6. The van der Waals surface area contributed by atoms with Crippen molar-refractivity contribution < 1.29 is 28.4 Å². The first-order valence-electron chi connectivity index (χ1n) is 13.6. The van der Waals surface area contributed by atoms with Crippen molar-refractivity contribution >= 4 is 17.7 Å². The van der Waals surface area contributed by atoms with E-state index in [-0.39, 0.29) is 53.0 Å². The molecule has 40 heavy (non-hydrogen) atoms. The lowest BCUT2D eigenvalue weighted by molar-refractivity contribution is -0.121. The highest BCUT2D eigenvalue weighted by atomic mass is 19.1. The lowest BCUT2D eigenvalue weighted by atomic mass is 9.98. The van der Waals surface area contributed by atoms with Gasteiger partial charge in [-0.25, -0.2) is 4.39 Å². The fourth-order valence-corrected chi connectivity index (χ4v) is 4.66. The molecule has 0 fully saturated rings. The molecule has 0 unspecified atom stereocenters. The van der Waals surface area contributed by atoms with Gasteiger partial charge in [-0.1, -0.05) is 25.1 Å². The third-order valence-corrected chi connectivity index (χ3v) is 6.71. The Kier molecular flexibility index (Phi) is 9.52. The third-order valence-electron chi connectivity index (χ3n) is 6.71. The molecule has 2 aromatic carbocycles. The Morgan fingerprint density at radius 2 is 1.82 bits per heavy atom. The zero-order chi connectivity index (χ0) is 28.6. The van der Waals surface area contributed by atoms with Crippen LogP contribution in [-0.2, 0) is 17.6 Å². The van der Waals surface area contributed by atoms with Crippen molar-refractivity contribution in [3.8, 4) is 16.9 Å². The Balaban J connectivity index is 1.53. The maximum atomic E-state index is 14.8. The number of aromatic nitrogens is 1. The smallest absolute Gasteiger partial charge is 0.292 e. The number of amides is 3. The van der Waals surface area contributed by atoms with Crippen LogP contribution in [0.5, 0.6) is 5.75 Å². The van der Waals surface area contributed by atoms with Crippen LogP contribution in [0.2, 0.25) is 0 Å². The summed E-state index contributed by atoms with van der Waals surface area (Å²) in [6, 6.07) is 10.5. The molecule has 1 aromatic heterocycles. The summed E-state index contributed by atoms with van der Waals surface area (Å²) in [5.74, 6) is -1.02. The molecule has 4 rings (SSSR count). The van der Waals surface area contributed by atoms with Gasteiger partial charge in [-0.2, -0.15) is 0 Å². The fraction of sp³-hybridized carbons (Fsp3) is 0.400. The molecule has 0 saturated heterocycles. The van der Waals surface area contributed by atoms with E-state index >= 15 is 0 Å². The number of carbonyl (C=O) groups excluding carboxylic acids is 3. The van der Waals surface area contributed by atoms with E-state index in [4.69, 9.17) is 4.52 Å². The van der Waals surface area contributed by atoms with Gasteiger partial charge in [0.2, 0.25) is 11.7 Å². The molecule has 0 saturated carbocycles. The van der Waals surface area contributed by atoms with E-state index < -0.39 is 11.7 Å². The first-order chi connectivity index (χ1) is 19.2. The molecule has 1 aliphatic rings. The van der Waals surface area contributed by atoms with Crippen LogP contribution in [0.3, 0.4) is 0 Å². The van der Waals surface area contributed by atoms with Gasteiger partial charge in [0.25, 0.3) is 11.8 Å². The average Bonchev–Trinajstić information content (AvgIpc) is 3.38. The summed E-state index contributed by atoms with van der Waals surface area (Å²) >= 11 is 0. The van der Waals surface area contributed by atoms with E-state index in [1.165, 1.54) is 24.3 Å². The minimum atomic E-state index is -0.568. The van der Waals surface area contributed by atoms with Gasteiger partial charge < -0.3 is 25.2 Å². The molecule has 0 spiro atoms. The van der Waals surface area contributed by atoms with Crippen molar-refractivity contribution in [1.29, 1.82) is 0 Å². The molecule has 0 aliphatic carbocycles. The molecule has 3 aromatic rings. The molecular formula is C30H35FN4O5. The van der Waals surface area contributed by atoms with Crippen molar-refractivity contribution in [2.75, 3.05) is 26.2 Å². The Hall–Kier alpha value is -4.21. The molecule has 4 bridgehead atoms. The lowest BCUT2D eigenvalue weighted by Crippen LogP contribution is -2.35. The number of phenolic OH excluding ortho intramolecular Hbond substituents is 1. The average molecular weight is 551 g/mol. The van der Waals surface area contributed by atoms with E-state index in [0.29, 0.717) is 56.9 Å². The predicted molar refractivity (Wildman–Crippen MR) is 147 cm³/mol. The molecule has 1 aliphatic heterocycles. The molecule has 212 valence electrons. The maximum Gasteiger partial charge on any atom is 0.292 e. The van der Waals surface area contributed by atoms with Gasteiger partial charge in [0.05, 0.1) is 5.69 Å². The molecular weight excluding hydrogens is 515 g/mol. The second kappa shape index (κ2) is 13.2. The van der Waals surface area contributed by atoms with Crippen LogP contribution in [0.1, 0.15) is 65.3 Å².